The number of nitrogens with zero attached hydrogens (tertiary/aromatic N) is 1. The molecule has 0 aliphatic heterocycles. The Balaban J connectivity index is 1.94. The van der Waals surface area contributed by atoms with Gasteiger partial charge in [0.15, 0.2) is 0 Å². The van der Waals surface area contributed by atoms with Crippen LogP contribution in [0.1, 0.15) is 24.0 Å². The predicted molar refractivity (Wildman–Crippen MR) is 74.2 cm³/mol. The first-order chi connectivity index (χ1) is 9.22. The van der Waals surface area contributed by atoms with Gasteiger partial charge in [-0.05, 0) is 54.7 Å². The van der Waals surface area contributed by atoms with E-state index in [0.29, 0.717) is 12.6 Å². The third-order valence-electron chi connectivity index (χ3n) is 3.41. The summed E-state index contributed by atoms with van der Waals surface area (Å²) in [5.74, 6) is -0.183. The highest BCUT2D eigenvalue weighted by Gasteiger charge is 2.20. The van der Waals surface area contributed by atoms with Gasteiger partial charge in [0.25, 0.3) is 0 Å². The molecule has 0 unspecified atom stereocenters. The van der Waals surface area contributed by atoms with E-state index in [2.05, 4.69) is 16.4 Å². The number of benzene rings is 1. The van der Waals surface area contributed by atoms with Gasteiger partial charge in [-0.25, -0.2) is 4.39 Å². The molecule has 1 saturated carbocycles. The molecule has 3 rings (SSSR count). The van der Waals surface area contributed by atoms with E-state index in [-0.39, 0.29) is 5.82 Å². The fourth-order valence-electron chi connectivity index (χ4n) is 2.23. The molecule has 2 aromatic rings. The number of aryl methyl sites for hydroxylation is 1. The SMILES string of the molecule is Cc1cncc(-c2ccc(F)cc2CNC2CC2)c1. The lowest BCUT2D eigenvalue weighted by molar-refractivity contribution is 0.620. The second-order valence-electron chi connectivity index (χ2n) is 5.21. The molecule has 0 atom stereocenters. The summed E-state index contributed by atoms with van der Waals surface area (Å²) in [7, 11) is 0. The van der Waals surface area contributed by atoms with Gasteiger partial charge in [0.05, 0.1) is 0 Å². The number of hydrogen-bond donors (Lipinski definition) is 1. The van der Waals surface area contributed by atoms with Gasteiger partial charge < -0.3 is 5.32 Å². The van der Waals surface area contributed by atoms with Crippen LogP contribution in [0.15, 0.2) is 36.7 Å². The molecule has 1 N–H and O–H groups in total. The van der Waals surface area contributed by atoms with Crippen molar-refractivity contribution in [3.05, 3.63) is 53.6 Å². The summed E-state index contributed by atoms with van der Waals surface area (Å²) in [4.78, 5) is 4.22. The van der Waals surface area contributed by atoms with Crippen molar-refractivity contribution in [3.8, 4) is 11.1 Å². The van der Waals surface area contributed by atoms with Crippen LogP contribution in [0.3, 0.4) is 0 Å². The fraction of sp³-hybridized carbons (Fsp3) is 0.312. The maximum atomic E-state index is 13.4. The van der Waals surface area contributed by atoms with E-state index in [1.54, 1.807) is 6.07 Å². The molecule has 0 radical (unpaired) electrons. The van der Waals surface area contributed by atoms with E-state index < -0.39 is 0 Å². The first-order valence-corrected chi connectivity index (χ1v) is 6.66. The molecule has 1 aromatic carbocycles. The van der Waals surface area contributed by atoms with Crippen molar-refractivity contribution in [3.63, 3.8) is 0 Å². The van der Waals surface area contributed by atoms with Gasteiger partial charge in [-0.15, -0.1) is 0 Å². The van der Waals surface area contributed by atoms with Crippen LogP contribution >= 0.6 is 0 Å². The fourth-order valence-corrected chi connectivity index (χ4v) is 2.23. The minimum Gasteiger partial charge on any atom is -0.310 e. The van der Waals surface area contributed by atoms with Crippen molar-refractivity contribution in [2.45, 2.75) is 32.4 Å². The molecule has 1 aliphatic rings. The van der Waals surface area contributed by atoms with Crippen molar-refractivity contribution in [1.29, 1.82) is 0 Å². The molecular formula is C16H17FN2. The Morgan fingerprint density at radius 1 is 1.26 bits per heavy atom. The average Bonchev–Trinajstić information content (AvgIpc) is 3.20. The Hall–Kier alpha value is -1.74. The number of nitrogens with one attached hydrogen (secondary N) is 1. The zero-order valence-electron chi connectivity index (χ0n) is 11.0. The van der Waals surface area contributed by atoms with Gasteiger partial charge >= 0.3 is 0 Å². The van der Waals surface area contributed by atoms with E-state index in [1.165, 1.54) is 18.9 Å². The number of aromatic nitrogens is 1. The first kappa shape index (κ1) is 12.3. The van der Waals surface area contributed by atoms with Crippen molar-refractivity contribution in [1.82, 2.24) is 10.3 Å². The van der Waals surface area contributed by atoms with Gasteiger partial charge in [-0.2, -0.15) is 0 Å². The van der Waals surface area contributed by atoms with E-state index in [1.807, 2.05) is 25.4 Å². The normalized spacial score (nSPS) is 14.6. The minimum atomic E-state index is -0.183. The molecule has 2 nitrogen and oxygen atoms in total. The van der Waals surface area contributed by atoms with Gasteiger partial charge in [0.1, 0.15) is 5.82 Å². The Morgan fingerprint density at radius 2 is 2.11 bits per heavy atom. The molecule has 1 heterocycles. The predicted octanol–water partition coefficient (Wildman–Crippen LogP) is 3.45. The lowest BCUT2D eigenvalue weighted by Crippen LogP contribution is -2.16. The summed E-state index contributed by atoms with van der Waals surface area (Å²) in [5.41, 5.74) is 4.22. The Bertz CT molecular complexity index is 591. The molecule has 0 saturated heterocycles. The van der Waals surface area contributed by atoms with E-state index in [9.17, 15) is 4.39 Å². The van der Waals surface area contributed by atoms with E-state index >= 15 is 0 Å². The minimum absolute atomic E-state index is 0.183. The number of hydrogen-bond acceptors (Lipinski definition) is 2. The lowest BCUT2D eigenvalue weighted by Gasteiger charge is -2.11. The molecular weight excluding hydrogens is 239 g/mol. The summed E-state index contributed by atoms with van der Waals surface area (Å²) < 4.78 is 13.4. The highest BCUT2D eigenvalue weighted by atomic mass is 19.1. The molecule has 0 amide bonds. The van der Waals surface area contributed by atoms with Crippen molar-refractivity contribution >= 4 is 0 Å². The Morgan fingerprint density at radius 3 is 2.84 bits per heavy atom. The van der Waals surface area contributed by atoms with Gasteiger partial charge in [0.2, 0.25) is 0 Å². The number of pyridine rings is 1. The lowest BCUT2D eigenvalue weighted by atomic mass is 10.00. The monoisotopic (exact) mass is 256 g/mol. The second kappa shape index (κ2) is 5.10. The highest BCUT2D eigenvalue weighted by molar-refractivity contribution is 5.67. The first-order valence-electron chi connectivity index (χ1n) is 6.66. The molecule has 0 spiro atoms. The highest BCUT2D eigenvalue weighted by Crippen LogP contribution is 2.26. The Kier molecular flexibility index (Phi) is 3.30. The van der Waals surface area contributed by atoms with Crippen LogP contribution in [-0.4, -0.2) is 11.0 Å². The largest absolute Gasteiger partial charge is 0.310 e. The van der Waals surface area contributed by atoms with Crippen LogP contribution in [0.2, 0.25) is 0 Å². The van der Waals surface area contributed by atoms with Crippen molar-refractivity contribution in [2.75, 3.05) is 0 Å². The molecule has 1 aliphatic carbocycles. The zero-order chi connectivity index (χ0) is 13.2. The van der Waals surface area contributed by atoms with Crippen LogP contribution in [-0.2, 0) is 6.54 Å². The standard InChI is InChI=1S/C16H17FN2/c1-11-6-12(9-18-8-11)16-5-2-14(17)7-13(16)10-19-15-3-4-15/h2,5-9,15,19H,3-4,10H2,1H3. The summed E-state index contributed by atoms with van der Waals surface area (Å²) in [6.45, 7) is 2.73. The molecule has 0 bridgehead atoms. The van der Waals surface area contributed by atoms with E-state index in [4.69, 9.17) is 0 Å². The maximum absolute atomic E-state index is 13.4. The van der Waals surface area contributed by atoms with Crippen LogP contribution in [0, 0.1) is 12.7 Å². The van der Waals surface area contributed by atoms with Gasteiger partial charge in [-0.3, -0.25) is 4.98 Å². The third-order valence-corrected chi connectivity index (χ3v) is 3.41. The maximum Gasteiger partial charge on any atom is 0.123 e. The molecule has 98 valence electrons. The molecule has 1 aromatic heterocycles. The van der Waals surface area contributed by atoms with Gasteiger partial charge in [0, 0.05) is 30.5 Å². The number of rotatable bonds is 4. The van der Waals surface area contributed by atoms with Crippen molar-refractivity contribution in [2.24, 2.45) is 0 Å². The van der Waals surface area contributed by atoms with Crippen LogP contribution in [0.5, 0.6) is 0 Å². The summed E-state index contributed by atoms with van der Waals surface area (Å²) in [6.07, 6.45) is 6.13. The van der Waals surface area contributed by atoms with Crippen molar-refractivity contribution < 1.29 is 4.39 Å². The molecule has 19 heavy (non-hydrogen) atoms. The molecule has 3 heteroatoms. The summed E-state index contributed by atoms with van der Waals surface area (Å²) in [5, 5.41) is 3.44. The zero-order valence-corrected chi connectivity index (χ0v) is 11.0. The average molecular weight is 256 g/mol. The summed E-state index contributed by atoms with van der Waals surface area (Å²) in [6, 6.07) is 7.67. The smallest absolute Gasteiger partial charge is 0.123 e. The second-order valence-corrected chi connectivity index (χ2v) is 5.21. The summed E-state index contributed by atoms with van der Waals surface area (Å²) >= 11 is 0. The van der Waals surface area contributed by atoms with Crippen LogP contribution in [0.25, 0.3) is 11.1 Å². The quantitative estimate of drug-likeness (QED) is 0.906. The van der Waals surface area contributed by atoms with E-state index in [0.717, 1.165) is 22.3 Å². The van der Waals surface area contributed by atoms with Crippen LogP contribution in [0.4, 0.5) is 4.39 Å². The third kappa shape index (κ3) is 2.99. The molecule has 1 fully saturated rings. The Labute approximate surface area is 112 Å². The van der Waals surface area contributed by atoms with Crippen LogP contribution < -0.4 is 5.32 Å². The number of halogens is 1. The van der Waals surface area contributed by atoms with Gasteiger partial charge in [-0.1, -0.05) is 6.07 Å². The topological polar surface area (TPSA) is 24.9 Å².